The van der Waals surface area contributed by atoms with Gasteiger partial charge in [0.25, 0.3) is 0 Å². The summed E-state index contributed by atoms with van der Waals surface area (Å²) in [6.45, 7) is 8.24. The van der Waals surface area contributed by atoms with E-state index in [0.29, 0.717) is 5.92 Å². The highest BCUT2D eigenvalue weighted by atomic mass is 15.2. The van der Waals surface area contributed by atoms with Gasteiger partial charge in [-0.2, -0.15) is 0 Å². The Balaban J connectivity index is 2.03. The van der Waals surface area contributed by atoms with Gasteiger partial charge in [-0.15, -0.1) is 0 Å². The Morgan fingerprint density at radius 3 is 2.52 bits per heavy atom. The summed E-state index contributed by atoms with van der Waals surface area (Å²) in [4.78, 5) is 11.1. The van der Waals surface area contributed by atoms with Crippen LogP contribution in [0.3, 0.4) is 0 Å². The number of rotatable bonds is 6. The van der Waals surface area contributed by atoms with Crippen LogP contribution in [0.15, 0.2) is 36.7 Å². The smallest absolute Gasteiger partial charge is 0.151 e. The van der Waals surface area contributed by atoms with Crippen LogP contribution in [0.1, 0.15) is 25.1 Å². The lowest BCUT2D eigenvalue weighted by molar-refractivity contribution is 0.547. The first kappa shape index (κ1) is 15.4. The Morgan fingerprint density at radius 2 is 1.90 bits per heavy atom. The minimum Gasteiger partial charge on any atom is -0.328 e. The van der Waals surface area contributed by atoms with Gasteiger partial charge in [-0.05, 0) is 31.0 Å². The van der Waals surface area contributed by atoms with E-state index in [-0.39, 0.29) is 0 Å². The molecule has 112 valence electrons. The molecule has 0 aliphatic carbocycles. The van der Waals surface area contributed by atoms with Gasteiger partial charge in [0.1, 0.15) is 0 Å². The predicted octanol–water partition coefficient (Wildman–Crippen LogP) is 3.30. The molecule has 4 heteroatoms. The van der Waals surface area contributed by atoms with Crippen LogP contribution in [0.2, 0.25) is 0 Å². The normalized spacial score (nSPS) is 10.9. The van der Waals surface area contributed by atoms with E-state index >= 15 is 0 Å². The van der Waals surface area contributed by atoms with Gasteiger partial charge >= 0.3 is 0 Å². The fourth-order valence-electron chi connectivity index (χ4n) is 2.16. The number of aryl methyl sites for hydroxylation is 1. The highest BCUT2D eigenvalue weighted by molar-refractivity contribution is 5.62. The van der Waals surface area contributed by atoms with E-state index in [9.17, 15) is 0 Å². The molecular formula is C17H24N4. The molecule has 0 saturated heterocycles. The van der Waals surface area contributed by atoms with Crippen molar-refractivity contribution >= 4 is 11.5 Å². The molecular weight excluding hydrogens is 260 g/mol. The van der Waals surface area contributed by atoms with Crippen molar-refractivity contribution in [1.29, 1.82) is 0 Å². The molecule has 0 bridgehead atoms. The standard InChI is InChI=1S/C17H24N4/c1-13(2)9-18-10-15-11-20-17(12-19-15)21(4)16-8-6-5-7-14(16)3/h5-8,11-13,18H,9-10H2,1-4H3. The summed E-state index contributed by atoms with van der Waals surface area (Å²) in [7, 11) is 2.02. The zero-order chi connectivity index (χ0) is 15.2. The van der Waals surface area contributed by atoms with Crippen LogP contribution in [0.5, 0.6) is 0 Å². The highest BCUT2D eigenvalue weighted by Crippen LogP contribution is 2.24. The summed E-state index contributed by atoms with van der Waals surface area (Å²) in [6, 6.07) is 8.27. The van der Waals surface area contributed by atoms with E-state index in [1.165, 1.54) is 5.56 Å². The SMILES string of the molecule is Cc1ccccc1N(C)c1cnc(CNCC(C)C)cn1. The van der Waals surface area contributed by atoms with Crippen molar-refractivity contribution in [3.8, 4) is 0 Å². The van der Waals surface area contributed by atoms with Crippen molar-refractivity contribution in [3.05, 3.63) is 47.9 Å². The largest absolute Gasteiger partial charge is 0.328 e. The molecule has 0 spiro atoms. The van der Waals surface area contributed by atoms with Gasteiger partial charge in [-0.1, -0.05) is 32.0 Å². The van der Waals surface area contributed by atoms with E-state index < -0.39 is 0 Å². The minimum atomic E-state index is 0.643. The van der Waals surface area contributed by atoms with Crippen LogP contribution >= 0.6 is 0 Å². The van der Waals surface area contributed by atoms with Gasteiger partial charge in [0.15, 0.2) is 5.82 Å². The summed E-state index contributed by atoms with van der Waals surface area (Å²) >= 11 is 0. The molecule has 0 amide bonds. The zero-order valence-electron chi connectivity index (χ0n) is 13.3. The average Bonchev–Trinajstić information content (AvgIpc) is 2.47. The lowest BCUT2D eigenvalue weighted by Gasteiger charge is -2.20. The first-order chi connectivity index (χ1) is 10.1. The molecule has 2 aromatic rings. The predicted molar refractivity (Wildman–Crippen MR) is 87.8 cm³/mol. The minimum absolute atomic E-state index is 0.643. The monoisotopic (exact) mass is 284 g/mol. The van der Waals surface area contributed by atoms with Gasteiger partial charge in [0.05, 0.1) is 18.1 Å². The van der Waals surface area contributed by atoms with Crippen LogP contribution in [0, 0.1) is 12.8 Å². The van der Waals surface area contributed by atoms with Crippen LogP contribution in [0.4, 0.5) is 11.5 Å². The van der Waals surface area contributed by atoms with Crippen molar-refractivity contribution in [2.45, 2.75) is 27.3 Å². The summed E-state index contributed by atoms with van der Waals surface area (Å²) in [6.07, 6.45) is 3.68. The van der Waals surface area contributed by atoms with Crippen molar-refractivity contribution < 1.29 is 0 Å². The van der Waals surface area contributed by atoms with E-state index in [1.54, 1.807) is 0 Å². The maximum atomic E-state index is 4.52. The molecule has 1 N–H and O–H groups in total. The highest BCUT2D eigenvalue weighted by Gasteiger charge is 2.08. The maximum absolute atomic E-state index is 4.52. The Hall–Kier alpha value is -1.94. The molecule has 2 rings (SSSR count). The lowest BCUT2D eigenvalue weighted by atomic mass is 10.2. The molecule has 1 heterocycles. The summed E-state index contributed by atoms with van der Waals surface area (Å²) < 4.78 is 0. The molecule has 0 fully saturated rings. The van der Waals surface area contributed by atoms with Gasteiger partial charge in [0, 0.05) is 19.3 Å². The zero-order valence-corrected chi connectivity index (χ0v) is 13.3. The third-order valence-corrected chi connectivity index (χ3v) is 3.37. The van der Waals surface area contributed by atoms with Crippen LogP contribution < -0.4 is 10.2 Å². The molecule has 1 aromatic carbocycles. The summed E-state index contributed by atoms with van der Waals surface area (Å²) in [5, 5.41) is 3.37. The molecule has 0 saturated carbocycles. The first-order valence-electron chi connectivity index (χ1n) is 7.39. The van der Waals surface area contributed by atoms with Crippen LogP contribution in [0.25, 0.3) is 0 Å². The lowest BCUT2D eigenvalue weighted by Crippen LogP contribution is -2.20. The topological polar surface area (TPSA) is 41.1 Å². The van der Waals surface area contributed by atoms with Gasteiger partial charge in [-0.3, -0.25) is 4.98 Å². The molecule has 0 aliphatic rings. The Bertz CT molecular complexity index is 563. The number of nitrogens with zero attached hydrogens (tertiary/aromatic N) is 3. The Labute approximate surface area is 127 Å². The molecule has 0 aliphatic heterocycles. The van der Waals surface area contributed by atoms with E-state index in [1.807, 2.05) is 31.6 Å². The number of para-hydroxylation sites is 1. The molecule has 0 radical (unpaired) electrons. The number of aromatic nitrogens is 2. The maximum Gasteiger partial charge on any atom is 0.151 e. The second-order valence-corrected chi connectivity index (χ2v) is 5.74. The number of hydrogen-bond donors (Lipinski definition) is 1. The Morgan fingerprint density at radius 1 is 1.14 bits per heavy atom. The second-order valence-electron chi connectivity index (χ2n) is 5.74. The van der Waals surface area contributed by atoms with Gasteiger partial charge in [-0.25, -0.2) is 4.98 Å². The van der Waals surface area contributed by atoms with Crippen molar-refractivity contribution in [1.82, 2.24) is 15.3 Å². The number of anilines is 2. The second kappa shape index (κ2) is 7.18. The number of benzene rings is 1. The number of nitrogens with one attached hydrogen (secondary N) is 1. The fourth-order valence-corrected chi connectivity index (χ4v) is 2.16. The fraction of sp³-hybridized carbons (Fsp3) is 0.412. The van der Waals surface area contributed by atoms with Crippen molar-refractivity contribution in [2.24, 2.45) is 5.92 Å². The van der Waals surface area contributed by atoms with Crippen LogP contribution in [-0.4, -0.2) is 23.6 Å². The first-order valence-corrected chi connectivity index (χ1v) is 7.39. The molecule has 0 atom stereocenters. The van der Waals surface area contributed by atoms with Gasteiger partial charge in [0.2, 0.25) is 0 Å². The number of hydrogen-bond acceptors (Lipinski definition) is 4. The summed E-state index contributed by atoms with van der Waals surface area (Å²) in [5.41, 5.74) is 3.35. The molecule has 4 nitrogen and oxygen atoms in total. The summed E-state index contributed by atoms with van der Waals surface area (Å²) in [5.74, 6) is 1.50. The quantitative estimate of drug-likeness (QED) is 0.883. The molecule has 1 aromatic heterocycles. The molecule has 21 heavy (non-hydrogen) atoms. The average molecular weight is 284 g/mol. The Kier molecular flexibility index (Phi) is 5.28. The van der Waals surface area contributed by atoms with Gasteiger partial charge < -0.3 is 10.2 Å². The van der Waals surface area contributed by atoms with Crippen LogP contribution in [-0.2, 0) is 6.54 Å². The molecule has 0 unspecified atom stereocenters. The van der Waals surface area contributed by atoms with E-state index in [4.69, 9.17) is 0 Å². The van der Waals surface area contributed by atoms with E-state index in [0.717, 1.165) is 30.3 Å². The van der Waals surface area contributed by atoms with E-state index in [2.05, 4.69) is 53.1 Å². The van der Waals surface area contributed by atoms with Crippen molar-refractivity contribution in [2.75, 3.05) is 18.5 Å². The van der Waals surface area contributed by atoms with Crippen molar-refractivity contribution in [3.63, 3.8) is 0 Å². The third-order valence-electron chi connectivity index (χ3n) is 3.37. The third kappa shape index (κ3) is 4.26.